The zero-order chi connectivity index (χ0) is 19.0. The van der Waals surface area contributed by atoms with E-state index in [1.54, 1.807) is 24.3 Å². The first-order valence-corrected chi connectivity index (χ1v) is 8.92. The number of methoxy groups -OCH3 is 2. The molecule has 3 aromatic rings. The number of carbonyl (C=O) groups is 1. The van der Waals surface area contributed by atoms with Crippen molar-refractivity contribution in [2.45, 2.75) is 6.23 Å². The van der Waals surface area contributed by atoms with E-state index in [2.05, 4.69) is 10.3 Å². The molecule has 6 nitrogen and oxygen atoms in total. The average molecular weight is 386 g/mol. The molecule has 0 aliphatic carbocycles. The van der Waals surface area contributed by atoms with Crippen LogP contribution in [0.5, 0.6) is 11.5 Å². The van der Waals surface area contributed by atoms with E-state index < -0.39 is 12.2 Å². The molecule has 0 spiro atoms. The average Bonchev–Trinajstić information content (AvgIpc) is 3.27. The number of aromatic nitrogens is 1. The Hall–Kier alpha value is -3.13. The summed E-state index contributed by atoms with van der Waals surface area (Å²) in [5, 5.41) is 5.54. The number of cyclic esters (lactones) is 1. The third-order valence-electron chi connectivity index (χ3n) is 4.19. The third-order valence-corrected chi connectivity index (χ3v) is 4.96. The molecule has 0 saturated carbocycles. The van der Waals surface area contributed by atoms with Gasteiger partial charge in [0.05, 0.1) is 19.9 Å². The van der Waals surface area contributed by atoms with Crippen molar-refractivity contribution in [3.05, 3.63) is 58.7 Å². The van der Waals surface area contributed by atoms with E-state index in [0.29, 0.717) is 33.5 Å². The van der Waals surface area contributed by atoms with Crippen LogP contribution in [0.4, 0.5) is 9.52 Å². The van der Waals surface area contributed by atoms with Crippen molar-refractivity contribution in [2.75, 3.05) is 19.5 Å². The molecule has 0 radical (unpaired) electrons. The molecule has 0 bridgehead atoms. The lowest BCUT2D eigenvalue weighted by molar-refractivity contribution is 0.0435. The molecule has 1 atom stereocenters. The van der Waals surface area contributed by atoms with E-state index in [1.165, 1.54) is 37.7 Å². The first kappa shape index (κ1) is 17.3. The molecule has 1 aliphatic heterocycles. The van der Waals surface area contributed by atoms with Crippen LogP contribution in [-0.2, 0) is 4.74 Å². The van der Waals surface area contributed by atoms with Crippen LogP contribution in [0.25, 0.3) is 11.3 Å². The summed E-state index contributed by atoms with van der Waals surface area (Å²) in [5.41, 5.74) is 2.50. The fraction of sp³-hybridized carbons (Fsp3) is 0.158. The fourth-order valence-electron chi connectivity index (χ4n) is 2.91. The summed E-state index contributed by atoms with van der Waals surface area (Å²) in [6, 6.07) is 9.58. The first-order valence-electron chi connectivity index (χ1n) is 8.04. The van der Waals surface area contributed by atoms with Gasteiger partial charge in [0.1, 0.15) is 11.4 Å². The SMILES string of the molecule is COc1ccc2c(c1OC)C(=O)O[C@H]2Nc1nc(-c2ccc(F)cc2)cs1. The topological polar surface area (TPSA) is 69.7 Å². The van der Waals surface area contributed by atoms with E-state index in [9.17, 15) is 9.18 Å². The number of carbonyl (C=O) groups excluding carboxylic acids is 1. The summed E-state index contributed by atoms with van der Waals surface area (Å²) in [5.74, 6) is 0.0110. The Kier molecular flexibility index (Phi) is 4.41. The molecule has 8 heteroatoms. The largest absolute Gasteiger partial charge is 0.493 e. The van der Waals surface area contributed by atoms with Gasteiger partial charge in [-0.15, -0.1) is 11.3 Å². The van der Waals surface area contributed by atoms with Crippen LogP contribution >= 0.6 is 11.3 Å². The molecule has 1 N–H and O–H groups in total. The van der Waals surface area contributed by atoms with Gasteiger partial charge < -0.3 is 19.5 Å². The predicted octanol–water partition coefficient (Wildman–Crippen LogP) is 4.25. The van der Waals surface area contributed by atoms with Crippen molar-refractivity contribution in [2.24, 2.45) is 0 Å². The molecule has 1 aromatic heterocycles. The second-order valence-electron chi connectivity index (χ2n) is 5.74. The standard InChI is InChI=1S/C19H15FN2O4S/c1-24-14-8-7-12-15(16(14)25-2)18(23)26-17(12)22-19-21-13(9-27-19)10-3-5-11(20)6-4-10/h3-9,17H,1-2H3,(H,21,22)/t17-/m1/s1. The molecule has 1 aliphatic rings. The second-order valence-corrected chi connectivity index (χ2v) is 6.60. The highest BCUT2D eigenvalue weighted by Crippen LogP contribution is 2.42. The molecule has 2 heterocycles. The van der Waals surface area contributed by atoms with Gasteiger partial charge in [-0.05, 0) is 36.4 Å². The van der Waals surface area contributed by atoms with Crippen LogP contribution in [0.3, 0.4) is 0 Å². The smallest absolute Gasteiger partial charge is 0.344 e. The van der Waals surface area contributed by atoms with Crippen LogP contribution < -0.4 is 14.8 Å². The quantitative estimate of drug-likeness (QED) is 0.661. The molecule has 0 amide bonds. The zero-order valence-electron chi connectivity index (χ0n) is 14.5. The maximum atomic E-state index is 13.1. The van der Waals surface area contributed by atoms with Gasteiger partial charge in [-0.3, -0.25) is 0 Å². The van der Waals surface area contributed by atoms with Gasteiger partial charge in [-0.1, -0.05) is 0 Å². The van der Waals surface area contributed by atoms with Crippen LogP contribution in [-0.4, -0.2) is 25.2 Å². The lowest BCUT2D eigenvalue weighted by Crippen LogP contribution is -2.10. The second kappa shape index (κ2) is 6.88. The van der Waals surface area contributed by atoms with Gasteiger partial charge in [0.2, 0.25) is 6.23 Å². The lowest BCUT2D eigenvalue weighted by atomic mass is 10.1. The van der Waals surface area contributed by atoms with Crippen molar-refractivity contribution in [1.29, 1.82) is 0 Å². The number of halogens is 1. The highest BCUT2D eigenvalue weighted by Gasteiger charge is 2.36. The fourth-order valence-corrected chi connectivity index (χ4v) is 3.65. The minimum atomic E-state index is -0.681. The number of rotatable bonds is 5. The number of anilines is 1. The van der Waals surface area contributed by atoms with Gasteiger partial charge in [0.25, 0.3) is 0 Å². The van der Waals surface area contributed by atoms with Gasteiger partial charge in [0.15, 0.2) is 16.6 Å². The number of nitrogens with one attached hydrogen (secondary N) is 1. The third kappa shape index (κ3) is 3.08. The number of hydrogen-bond acceptors (Lipinski definition) is 7. The van der Waals surface area contributed by atoms with Crippen LogP contribution in [0.2, 0.25) is 0 Å². The summed E-state index contributed by atoms with van der Waals surface area (Å²) in [4.78, 5) is 16.8. The summed E-state index contributed by atoms with van der Waals surface area (Å²) >= 11 is 1.37. The maximum Gasteiger partial charge on any atom is 0.344 e. The number of benzene rings is 2. The van der Waals surface area contributed by atoms with Crippen molar-refractivity contribution < 1.29 is 23.4 Å². The monoisotopic (exact) mass is 386 g/mol. The van der Waals surface area contributed by atoms with Crippen molar-refractivity contribution in [3.8, 4) is 22.8 Å². The predicted molar refractivity (Wildman–Crippen MR) is 98.8 cm³/mol. The summed E-state index contributed by atoms with van der Waals surface area (Å²) in [7, 11) is 2.98. The molecular formula is C19H15FN2O4S. The molecule has 138 valence electrons. The van der Waals surface area contributed by atoms with Gasteiger partial charge >= 0.3 is 5.97 Å². The number of ether oxygens (including phenoxy) is 3. The number of thiazole rings is 1. The number of hydrogen-bond donors (Lipinski definition) is 1. The maximum absolute atomic E-state index is 13.1. The first-order chi connectivity index (χ1) is 13.1. The van der Waals surface area contributed by atoms with Crippen molar-refractivity contribution in [1.82, 2.24) is 4.98 Å². The minimum Gasteiger partial charge on any atom is -0.493 e. The minimum absolute atomic E-state index is 0.300. The van der Waals surface area contributed by atoms with Crippen LogP contribution in [0, 0.1) is 5.82 Å². The molecule has 0 unspecified atom stereocenters. The molecule has 0 saturated heterocycles. The highest BCUT2D eigenvalue weighted by molar-refractivity contribution is 7.14. The highest BCUT2D eigenvalue weighted by atomic mass is 32.1. The molecule has 0 fully saturated rings. The summed E-state index contributed by atoms with van der Waals surface area (Å²) in [6.07, 6.45) is -0.681. The van der Waals surface area contributed by atoms with E-state index in [4.69, 9.17) is 14.2 Å². The lowest BCUT2D eigenvalue weighted by Gasteiger charge is -2.13. The molecule has 27 heavy (non-hydrogen) atoms. The molecule has 4 rings (SSSR count). The number of fused-ring (bicyclic) bond motifs is 1. The Morgan fingerprint density at radius 2 is 1.93 bits per heavy atom. The Bertz CT molecular complexity index is 1000. The normalized spacial score (nSPS) is 15.2. The van der Waals surface area contributed by atoms with Crippen molar-refractivity contribution >= 4 is 22.4 Å². The number of nitrogens with zero attached hydrogens (tertiary/aromatic N) is 1. The zero-order valence-corrected chi connectivity index (χ0v) is 15.3. The van der Waals surface area contributed by atoms with E-state index in [0.717, 1.165) is 5.56 Å². The Morgan fingerprint density at radius 1 is 1.15 bits per heavy atom. The number of esters is 1. The van der Waals surface area contributed by atoms with Gasteiger partial charge in [0, 0.05) is 16.5 Å². The molecule has 2 aromatic carbocycles. The summed E-state index contributed by atoms with van der Waals surface area (Å²) in [6.45, 7) is 0. The van der Waals surface area contributed by atoms with Crippen molar-refractivity contribution in [3.63, 3.8) is 0 Å². The Labute approximate surface area is 158 Å². The summed E-state index contributed by atoms with van der Waals surface area (Å²) < 4.78 is 29.1. The van der Waals surface area contributed by atoms with E-state index in [1.807, 2.05) is 5.38 Å². The van der Waals surface area contributed by atoms with Gasteiger partial charge in [-0.2, -0.15) is 0 Å². The van der Waals surface area contributed by atoms with Gasteiger partial charge in [-0.25, -0.2) is 14.2 Å². The molecular weight excluding hydrogens is 371 g/mol. The van der Waals surface area contributed by atoms with Crippen LogP contribution in [0.1, 0.15) is 22.1 Å². The van der Waals surface area contributed by atoms with E-state index >= 15 is 0 Å². The Morgan fingerprint density at radius 3 is 2.63 bits per heavy atom. The Balaban J connectivity index is 1.61. The van der Waals surface area contributed by atoms with Crippen LogP contribution in [0.15, 0.2) is 41.8 Å². The van der Waals surface area contributed by atoms with E-state index in [-0.39, 0.29) is 5.82 Å².